The highest BCUT2D eigenvalue weighted by molar-refractivity contribution is 8.01. The molecule has 2 aromatic heterocycles. The number of pyridine rings is 1. The lowest BCUT2D eigenvalue weighted by Gasteiger charge is -2.03. The quantitative estimate of drug-likeness (QED) is 0.563. The molecule has 9 heteroatoms. The molecule has 0 aliphatic carbocycles. The predicted molar refractivity (Wildman–Crippen MR) is 101 cm³/mol. The number of aromatic nitrogens is 2. The average Bonchev–Trinajstić information content (AvgIpc) is 2.99. The van der Waals surface area contributed by atoms with Gasteiger partial charge in [-0.15, -0.1) is 11.3 Å². The zero-order valence-corrected chi connectivity index (χ0v) is 15.7. The van der Waals surface area contributed by atoms with Crippen LogP contribution in [0.3, 0.4) is 0 Å². The minimum Gasteiger partial charge on any atom is -0.465 e. The molecule has 3 rings (SSSR count). The summed E-state index contributed by atoms with van der Waals surface area (Å²) >= 11 is 8.64. The van der Waals surface area contributed by atoms with Crippen LogP contribution in [0.5, 0.6) is 0 Å². The lowest BCUT2D eigenvalue weighted by molar-refractivity contribution is 0.194. The molecular formula is C17H13ClFN3O2S2. The van der Waals surface area contributed by atoms with Crippen molar-refractivity contribution >= 4 is 40.8 Å². The number of hydrogen-bond donors (Lipinski definition) is 2. The van der Waals surface area contributed by atoms with Crippen LogP contribution in [-0.4, -0.2) is 27.7 Å². The fraction of sp³-hybridized carbons (Fsp3) is 0.118. The molecule has 1 amide bonds. The Balaban J connectivity index is 1.92. The first-order valence-electron chi connectivity index (χ1n) is 7.54. The van der Waals surface area contributed by atoms with Crippen LogP contribution < -0.4 is 5.32 Å². The highest BCUT2D eigenvalue weighted by Crippen LogP contribution is 2.40. The summed E-state index contributed by atoms with van der Waals surface area (Å²) in [5, 5.41) is 12.1. The summed E-state index contributed by atoms with van der Waals surface area (Å²) in [5.74, 6) is -0.357. The van der Waals surface area contributed by atoms with Gasteiger partial charge in [-0.2, -0.15) is 0 Å². The number of hydrogen-bond acceptors (Lipinski definition) is 5. The number of benzene rings is 1. The van der Waals surface area contributed by atoms with Crippen LogP contribution >= 0.6 is 34.7 Å². The van der Waals surface area contributed by atoms with Gasteiger partial charge in [-0.1, -0.05) is 35.5 Å². The molecule has 2 N–H and O–H groups in total. The monoisotopic (exact) mass is 409 g/mol. The van der Waals surface area contributed by atoms with Crippen molar-refractivity contribution < 1.29 is 14.3 Å². The van der Waals surface area contributed by atoms with Crippen LogP contribution in [0.25, 0.3) is 11.3 Å². The molecule has 0 aliphatic heterocycles. The van der Waals surface area contributed by atoms with Crippen molar-refractivity contribution in [2.24, 2.45) is 0 Å². The van der Waals surface area contributed by atoms with Crippen molar-refractivity contribution in [1.82, 2.24) is 15.3 Å². The molecule has 0 spiro atoms. The molecule has 3 aromatic rings. The summed E-state index contributed by atoms with van der Waals surface area (Å²) in [6, 6.07) is 9.95. The van der Waals surface area contributed by atoms with Gasteiger partial charge in [0.2, 0.25) is 0 Å². The Bertz CT molecular complexity index is 919. The van der Waals surface area contributed by atoms with Gasteiger partial charge in [0.1, 0.15) is 11.0 Å². The smallest absolute Gasteiger partial charge is 0.404 e. The molecule has 2 heterocycles. The van der Waals surface area contributed by atoms with Gasteiger partial charge < -0.3 is 10.4 Å². The Morgan fingerprint density at radius 2 is 2.12 bits per heavy atom. The van der Waals surface area contributed by atoms with Crippen molar-refractivity contribution in [3.63, 3.8) is 0 Å². The van der Waals surface area contributed by atoms with E-state index in [0.717, 1.165) is 14.1 Å². The van der Waals surface area contributed by atoms with Crippen LogP contribution in [-0.2, 0) is 6.42 Å². The number of carbonyl (C=O) groups is 1. The Morgan fingerprint density at radius 3 is 2.81 bits per heavy atom. The van der Waals surface area contributed by atoms with Crippen molar-refractivity contribution in [2.45, 2.75) is 15.5 Å². The van der Waals surface area contributed by atoms with Gasteiger partial charge in [0.25, 0.3) is 0 Å². The van der Waals surface area contributed by atoms with E-state index in [1.54, 1.807) is 30.5 Å². The minimum absolute atomic E-state index is 0.242. The van der Waals surface area contributed by atoms with E-state index in [1.165, 1.54) is 29.2 Å². The minimum atomic E-state index is -1.09. The molecule has 0 atom stereocenters. The molecule has 0 saturated carbocycles. The Kier molecular flexibility index (Phi) is 6.08. The molecule has 1 aromatic carbocycles. The summed E-state index contributed by atoms with van der Waals surface area (Å²) in [5.41, 5.74) is 0.948. The molecule has 0 bridgehead atoms. The predicted octanol–water partition coefficient (Wildman–Crippen LogP) is 4.96. The Labute approximate surface area is 162 Å². The van der Waals surface area contributed by atoms with Crippen LogP contribution in [0.4, 0.5) is 9.18 Å². The third-order valence-electron chi connectivity index (χ3n) is 3.30. The SMILES string of the molecule is O=C(O)NCCc1nc(-c2ccccc2F)c(Sc2ccc(Cl)nc2)s1. The van der Waals surface area contributed by atoms with E-state index in [1.807, 2.05) is 6.07 Å². The summed E-state index contributed by atoms with van der Waals surface area (Å²) in [4.78, 5) is 20.0. The lowest BCUT2D eigenvalue weighted by atomic mass is 10.1. The van der Waals surface area contributed by atoms with Crippen LogP contribution in [0.1, 0.15) is 5.01 Å². The van der Waals surface area contributed by atoms with Crippen LogP contribution in [0.15, 0.2) is 51.7 Å². The molecule has 134 valence electrons. The molecule has 0 fully saturated rings. The number of carboxylic acid groups (broad SMARTS) is 1. The normalized spacial score (nSPS) is 10.7. The maximum atomic E-state index is 14.2. The van der Waals surface area contributed by atoms with E-state index >= 15 is 0 Å². The summed E-state index contributed by atoms with van der Waals surface area (Å²) in [6.45, 7) is 0.242. The van der Waals surface area contributed by atoms with Gasteiger partial charge in [-0.3, -0.25) is 0 Å². The van der Waals surface area contributed by atoms with E-state index in [2.05, 4.69) is 15.3 Å². The van der Waals surface area contributed by atoms with E-state index in [0.29, 0.717) is 22.8 Å². The van der Waals surface area contributed by atoms with Gasteiger partial charge in [-0.25, -0.2) is 19.2 Å². The molecule has 0 unspecified atom stereocenters. The number of nitrogens with zero attached hydrogens (tertiary/aromatic N) is 2. The summed E-state index contributed by atoms with van der Waals surface area (Å²) < 4.78 is 15.1. The first kappa shape index (κ1) is 18.6. The van der Waals surface area contributed by atoms with Crippen molar-refractivity contribution in [3.05, 3.63) is 58.6 Å². The largest absolute Gasteiger partial charge is 0.465 e. The van der Waals surface area contributed by atoms with E-state index in [4.69, 9.17) is 16.7 Å². The molecule has 5 nitrogen and oxygen atoms in total. The van der Waals surface area contributed by atoms with E-state index in [-0.39, 0.29) is 12.4 Å². The number of thiazole rings is 1. The Morgan fingerprint density at radius 1 is 1.31 bits per heavy atom. The first-order valence-corrected chi connectivity index (χ1v) is 9.55. The van der Waals surface area contributed by atoms with Gasteiger partial charge in [-0.05, 0) is 24.3 Å². The van der Waals surface area contributed by atoms with Gasteiger partial charge >= 0.3 is 6.09 Å². The molecule has 0 aliphatic rings. The molecule has 0 radical (unpaired) electrons. The second-order valence-electron chi connectivity index (χ2n) is 5.12. The maximum Gasteiger partial charge on any atom is 0.404 e. The fourth-order valence-corrected chi connectivity index (χ4v) is 4.52. The van der Waals surface area contributed by atoms with Crippen LogP contribution in [0.2, 0.25) is 5.15 Å². The lowest BCUT2D eigenvalue weighted by Crippen LogP contribution is -2.23. The first-order chi connectivity index (χ1) is 12.5. The summed E-state index contributed by atoms with van der Waals surface area (Å²) in [7, 11) is 0. The molecular weight excluding hydrogens is 397 g/mol. The van der Waals surface area contributed by atoms with Gasteiger partial charge in [0, 0.05) is 29.6 Å². The van der Waals surface area contributed by atoms with Crippen molar-refractivity contribution in [3.8, 4) is 11.3 Å². The zero-order valence-electron chi connectivity index (χ0n) is 13.3. The molecule has 0 saturated heterocycles. The number of amides is 1. The summed E-state index contributed by atoms with van der Waals surface area (Å²) in [6.07, 6.45) is 0.985. The van der Waals surface area contributed by atoms with E-state index < -0.39 is 6.09 Å². The average molecular weight is 410 g/mol. The number of halogens is 2. The number of nitrogens with one attached hydrogen (secondary N) is 1. The standard InChI is InChI=1S/C17H13ClFN3O2S2/c18-13-6-5-10(9-21-13)25-16-15(11-3-1-2-4-12(11)19)22-14(26-16)7-8-20-17(23)24/h1-6,9,20H,7-8H2,(H,23,24). The van der Waals surface area contributed by atoms with Gasteiger partial charge in [0.15, 0.2) is 0 Å². The second kappa shape index (κ2) is 8.48. The van der Waals surface area contributed by atoms with Crippen molar-refractivity contribution in [2.75, 3.05) is 6.54 Å². The van der Waals surface area contributed by atoms with Gasteiger partial charge in [0.05, 0.1) is 14.9 Å². The second-order valence-corrected chi connectivity index (χ2v) is 7.94. The highest BCUT2D eigenvalue weighted by Gasteiger charge is 2.17. The third-order valence-corrected chi connectivity index (χ3v) is 5.78. The maximum absolute atomic E-state index is 14.2. The number of rotatable bonds is 6. The topological polar surface area (TPSA) is 75.1 Å². The van der Waals surface area contributed by atoms with E-state index in [9.17, 15) is 9.18 Å². The highest BCUT2D eigenvalue weighted by atomic mass is 35.5. The fourth-order valence-electron chi connectivity index (χ4n) is 2.15. The molecule has 26 heavy (non-hydrogen) atoms. The zero-order chi connectivity index (χ0) is 18.5. The third kappa shape index (κ3) is 4.72. The van der Waals surface area contributed by atoms with Crippen LogP contribution in [0, 0.1) is 5.82 Å². The Hall–Kier alpha value is -2.16. The van der Waals surface area contributed by atoms with Crippen molar-refractivity contribution in [1.29, 1.82) is 0 Å².